The summed E-state index contributed by atoms with van der Waals surface area (Å²) < 4.78 is 0. The molecule has 0 bridgehead atoms. The van der Waals surface area contributed by atoms with Gasteiger partial charge in [0.15, 0.2) is 11.6 Å². The lowest BCUT2D eigenvalue weighted by Gasteiger charge is -2.20. The first-order chi connectivity index (χ1) is 11.1. The Balaban J connectivity index is 2.12. The average molecular weight is 317 g/mol. The molecule has 0 spiro atoms. The third-order valence-electron chi connectivity index (χ3n) is 3.86. The van der Waals surface area contributed by atoms with Crippen molar-refractivity contribution in [3.05, 3.63) is 6.33 Å². The molecule has 8 nitrogen and oxygen atoms in total. The van der Waals surface area contributed by atoms with Crippen molar-refractivity contribution in [2.24, 2.45) is 0 Å². The molecule has 0 aliphatic carbocycles. The molecule has 1 aliphatic rings. The molecule has 8 heteroatoms. The fourth-order valence-electron chi connectivity index (χ4n) is 2.66. The summed E-state index contributed by atoms with van der Waals surface area (Å²) in [6, 6.07) is 0. The first kappa shape index (κ1) is 15.7. The number of fused-ring (bicyclic) bond motifs is 1. The lowest BCUT2D eigenvalue weighted by atomic mass is 10.3. The zero-order valence-electron chi connectivity index (χ0n) is 13.8. The number of nitrogens with zero attached hydrogens (tertiary/aromatic N) is 6. The van der Waals surface area contributed by atoms with Crippen LogP contribution in [0, 0.1) is 0 Å². The molecule has 2 aromatic rings. The Morgan fingerprint density at radius 2 is 2.13 bits per heavy atom. The van der Waals surface area contributed by atoms with Gasteiger partial charge in [0.2, 0.25) is 5.95 Å². The number of hydrogen-bond donors (Lipinski definition) is 2. The smallest absolute Gasteiger partial charge is 0.227 e. The lowest BCUT2D eigenvalue weighted by molar-refractivity contribution is 0.198. The van der Waals surface area contributed by atoms with Gasteiger partial charge in [0.25, 0.3) is 0 Å². The van der Waals surface area contributed by atoms with E-state index in [4.69, 9.17) is 0 Å². The van der Waals surface area contributed by atoms with Gasteiger partial charge in [-0.15, -0.1) is 0 Å². The van der Waals surface area contributed by atoms with E-state index in [1.54, 1.807) is 0 Å². The number of hydrogen-bond acceptors (Lipinski definition) is 8. The topological polar surface area (TPSA) is 90.3 Å². The summed E-state index contributed by atoms with van der Waals surface area (Å²) >= 11 is 0. The molecule has 0 radical (unpaired) electrons. The van der Waals surface area contributed by atoms with Gasteiger partial charge in [-0.3, -0.25) is 0 Å². The number of rotatable bonds is 5. The maximum Gasteiger partial charge on any atom is 0.227 e. The van der Waals surface area contributed by atoms with Crippen molar-refractivity contribution in [2.45, 2.75) is 25.9 Å². The van der Waals surface area contributed by atoms with Crippen LogP contribution in [-0.2, 0) is 0 Å². The van der Waals surface area contributed by atoms with E-state index in [0.717, 1.165) is 48.6 Å². The second-order valence-corrected chi connectivity index (χ2v) is 5.98. The van der Waals surface area contributed by atoms with E-state index in [1.807, 2.05) is 19.0 Å². The van der Waals surface area contributed by atoms with Crippen LogP contribution in [0.1, 0.15) is 19.8 Å². The summed E-state index contributed by atoms with van der Waals surface area (Å²) in [5, 5.41) is 13.1. The fraction of sp³-hybridized carbons (Fsp3) is 0.600. The molecule has 2 N–H and O–H groups in total. The molecular formula is C15H23N7O. The van der Waals surface area contributed by atoms with Crippen LogP contribution in [0.3, 0.4) is 0 Å². The molecule has 0 aromatic carbocycles. The van der Waals surface area contributed by atoms with Crippen LogP contribution in [0.4, 0.5) is 17.6 Å². The van der Waals surface area contributed by atoms with Crippen LogP contribution in [0.25, 0.3) is 11.0 Å². The van der Waals surface area contributed by atoms with E-state index < -0.39 is 0 Å². The van der Waals surface area contributed by atoms with Crippen molar-refractivity contribution in [3.63, 3.8) is 0 Å². The summed E-state index contributed by atoms with van der Waals surface area (Å²) in [7, 11) is 3.82. The normalized spacial score (nSPS) is 17.7. The summed E-state index contributed by atoms with van der Waals surface area (Å²) in [5.74, 6) is 2.10. The largest absolute Gasteiger partial charge is 0.391 e. The van der Waals surface area contributed by atoms with Crippen LogP contribution in [-0.4, -0.2) is 64.9 Å². The first-order valence-corrected chi connectivity index (χ1v) is 7.97. The fourth-order valence-corrected chi connectivity index (χ4v) is 2.66. The zero-order chi connectivity index (χ0) is 16.4. The standard InChI is InChI=1S/C15H23N7O/c1-4-6-16-13-11-12(19-15(20-13)21(2)3)14(18-9-17-11)22-7-5-10(23)8-22/h9-10,23H,4-8H2,1-3H3,(H,16,19,20). The van der Waals surface area contributed by atoms with Gasteiger partial charge in [0.1, 0.15) is 17.4 Å². The molecule has 1 unspecified atom stereocenters. The summed E-state index contributed by atoms with van der Waals surface area (Å²) in [6.07, 6.45) is 2.97. The predicted molar refractivity (Wildman–Crippen MR) is 91.1 cm³/mol. The van der Waals surface area contributed by atoms with Crippen molar-refractivity contribution in [1.82, 2.24) is 19.9 Å². The highest BCUT2D eigenvalue weighted by molar-refractivity contribution is 5.93. The third-order valence-corrected chi connectivity index (χ3v) is 3.86. The Labute approximate surface area is 135 Å². The van der Waals surface area contributed by atoms with Gasteiger partial charge < -0.3 is 20.2 Å². The number of aromatic nitrogens is 4. The number of nitrogens with one attached hydrogen (secondary N) is 1. The maximum absolute atomic E-state index is 9.81. The number of β-amino-alcohol motifs (C(OH)–C–C–N with tert-alkyl or cyclic N) is 1. The van der Waals surface area contributed by atoms with Gasteiger partial charge in [-0.25, -0.2) is 15.0 Å². The summed E-state index contributed by atoms with van der Waals surface area (Å²) in [4.78, 5) is 21.9. The van der Waals surface area contributed by atoms with E-state index in [1.165, 1.54) is 6.33 Å². The Hall–Kier alpha value is -2.22. The molecule has 3 heterocycles. The summed E-state index contributed by atoms with van der Waals surface area (Å²) in [5.41, 5.74) is 1.44. The second kappa shape index (κ2) is 6.49. The lowest BCUT2D eigenvalue weighted by Crippen LogP contribution is -2.23. The highest BCUT2D eigenvalue weighted by Crippen LogP contribution is 2.29. The minimum atomic E-state index is -0.312. The van der Waals surface area contributed by atoms with Crippen molar-refractivity contribution in [2.75, 3.05) is 48.8 Å². The number of anilines is 3. The van der Waals surface area contributed by atoms with Crippen LogP contribution in [0.2, 0.25) is 0 Å². The van der Waals surface area contributed by atoms with Gasteiger partial charge in [-0.05, 0) is 12.8 Å². The molecule has 23 heavy (non-hydrogen) atoms. The second-order valence-electron chi connectivity index (χ2n) is 5.98. The Morgan fingerprint density at radius 3 is 2.78 bits per heavy atom. The minimum Gasteiger partial charge on any atom is -0.391 e. The number of aliphatic hydroxyl groups excluding tert-OH is 1. The Morgan fingerprint density at radius 1 is 1.30 bits per heavy atom. The predicted octanol–water partition coefficient (Wildman–Crippen LogP) is 0.879. The van der Waals surface area contributed by atoms with E-state index >= 15 is 0 Å². The van der Waals surface area contributed by atoms with Crippen molar-refractivity contribution in [1.29, 1.82) is 0 Å². The van der Waals surface area contributed by atoms with E-state index in [-0.39, 0.29) is 6.10 Å². The molecule has 1 fully saturated rings. The highest BCUT2D eigenvalue weighted by atomic mass is 16.3. The van der Waals surface area contributed by atoms with E-state index in [9.17, 15) is 5.11 Å². The van der Waals surface area contributed by atoms with Crippen molar-refractivity contribution < 1.29 is 5.11 Å². The van der Waals surface area contributed by atoms with Gasteiger partial charge in [0, 0.05) is 33.7 Å². The van der Waals surface area contributed by atoms with E-state index in [0.29, 0.717) is 12.5 Å². The molecule has 0 saturated carbocycles. The SMILES string of the molecule is CCCNc1nc(N(C)C)nc2c(N3CCC(O)C3)ncnc12. The zero-order valence-corrected chi connectivity index (χ0v) is 13.8. The monoisotopic (exact) mass is 317 g/mol. The van der Waals surface area contributed by atoms with Crippen LogP contribution in [0.5, 0.6) is 0 Å². The van der Waals surface area contributed by atoms with Crippen LogP contribution >= 0.6 is 0 Å². The quantitative estimate of drug-likeness (QED) is 0.840. The molecule has 124 valence electrons. The van der Waals surface area contributed by atoms with Gasteiger partial charge >= 0.3 is 0 Å². The molecule has 1 aliphatic heterocycles. The average Bonchev–Trinajstić information content (AvgIpc) is 2.98. The minimum absolute atomic E-state index is 0.312. The van der Waals surface area contributed by atoms with Crippen molar-refractivity contribution >= 4 is 28.6 Å². The van der Waals surface area contributed by atoms with Crippen molar-refractivity contribution in [3.8, 4) is 0 Å². The molecule has 1 atom stereocenters. The highest BCUT2D eigenvalue weighted by Gasteiger charge is 2.25. The molecular weight excluding hydrogens is 294 g/mol. The van der Waals surface area contributed by atoms with Crippen LogP contribution in [0.15, 0.2) is 6.33 Å². The van der Waals surface area contributed by atoms with Gasteiger partial charge in [0.05, 0.1) is 6.10 Å². The molecule has 1 saturated heterocycles. The van der Waals surface area contributed by atoms with Gasteiger partial charge in [-0.1, -0.05) is 6.92 Å². The third kappa shape index (κ3) is 3.12. The first-order valence-electron chi connectivity index (χ1n) is 7.97. The summed E-state index contributed by atoms with van der Waals surface area (Å²) in [6.45, 7) is 4.27. The van der Waals surface area contributed by atoms with Crippen LogP contribution < -0.4 is 15.1 Å². The molecule has 0 amide bonds. The Bertz CT molecular complexity index is 691. The Kier molecular flexibility index (Phi) is 4.42. The van der Waals surface area contributed by atoms with Gasteiger partial charge in [-0.2, -0.15) is 4.98 Å². The maximum atomic E-state index is 9.81. The molecule has 2 aromatic heterocycles. The molecule has 3 rings (SSSR count). The number of aliphatic hydroxyl groups is 1. The van der Waals surface area contributed by atoms with E-state index in [2.05, 4.69) is 37.1 Å².